The van der Waals surface area contributed by atoms with Crippen LogP contribution in [-0.4, -0.2) is 36.6 Å². The van der Waals surface area contributed by atoms with Gasteiger partial charge in [-0.1, -0.05) is 34.8 Å². The van der Waals surface area contributed by atoms with Crippen LogP contribution in [0.4, 0.5) is 18.9 Å². The first-order valence-corrected chi connectivity index (χ1v) is 8.03. The number of carbonyl (C=O) groups is 1. The SMILES string of the molecule is O=C(CN1CCCC(C(F)(F)F)C1)Nc1cc(Cl)c(Cl)cc1Cl. The normalized spacial score (nSPS) is 19.7. The van der Waals surface area contributed by atoms with Crippen molar-refractivity contribution in [2.75, 3.05) is 25.0 Å². The van der Waals surface area contributed by atoms with Gasteiger partial charge in [0, 0.05) is 6.54 Å². The number of nitrogens with one attached hydrogen (secondary N) is 1. The molecular formula is C14H14Cl3F3N2O. The standard InChI is InChI=1S/C14H14Cl3F3N2O/c15-9-4-11(17)12(5-10(9)16)21-13(23)7-22-3-1-2-8(6-22)14(18,19)20/h4-5,8H,1-3,6-7H2,(H,21,23). The predicted octanol–water partition coefficient (Wildman–Crippen LogP) is 4.86. The van der Waals surface area contributed by atoms with Crippen LogP contribution in [0, 0.1) is 5.92 Å². The molecule has 1 unspecified atom stereocenters. The number of rotatable bonds is 3. The summed E-state index contributed by atoms with van der Waals surface area (Å²) in [4.78, 5) is 13.5. The zero-order valence-corrected chi connectivity index (χ0v) is 14.2. The predicted molar refractivity (Wildman–Crippen MR) is 85.3 cm³/mol. The van der Waals surface area contributed by atoms with Crippen LogP contribution in [-0.2, 0) is 4.79 Å². The van der Waals surface area contributed by atoms with Crippen molar-refractivity contribution < 1.29 is 18.0 Å². The van der Waals surface area contributed by atoms with E-state index in [9.17, 15) is 18.0 Å². The smallest absolute Gasteiger partial charge is 0.324 e. The number of hydrogen-bond acceptors (Lipinski definition) is 2. The van der Waals surface area contributed by atoms with Gasteiger partial charge in [-0.05, 0) is 31.5 Å². The molecule has 1 aliphatic rings. The fraction of sp³-hybridized carbons (Fsp3) is 0.500. The molecular weight excluding hydrogens is 376 g/mol. The molecule has 1 aromatic carbocycles. The molecule has 1 fully saturated rings. The highest BCUT2D eigenvalue weighted by molar-refractivity contribution is 6.44. The topological polar surface area (TPSA) is 32.3 Å². The summed E-state index contributed by atoms with van der Waals surface area (Å²) in [7, 11) is 0. The first kappa shape index (κ1) is 18.6. The van der Waals surface area contributed by atoms with Gasteiger partial charge >= 0.3 is 6.18 Å². The summed E-state index contributed by atoms with van der Waals surface area (Å²) in [6.07, 6.45) is -3.73. The van der Waals surface area contributed by atoms with Crippen molar-refractivity contribution in [3.05, 3.63) is 27.2 Å². The van der Waals surface area contributed by atoms with E-state index in [1.54, 1.807) is 0 Å². The lowest BCUT2D eigenvalue weighted by Gasteiger charge is -2.33. The van der Waals surface area contributed by atoms with E-state index in [-0.39, 0.29) is 40.3 Å². The average molecular weight is 390 g/mol. The maximum atomic E-state index is 12.8. The molecule has 9 heteroatoms. The molecule has 128 valence electrons. The van der Waals surface area contributed by atoms with Crippen molar-refractivity contribution in [2.24, 2.45) is 5.92 Å². The molecule has 23 heavy (non-hydrogen) atoms. The molecule has 0 radical (unpaired) electrons. The number of benzene rings is 1. The number of amides is 1. The summed E-state index contributed by atoms with van der Waals surface area (Å²) in [5.41, 5.74) is 0.274. The van der Waals surface area contributed by atoms with Crippen molar-refractivity contribution in [1.82, 2.24) is 4.90 Å². The third-order valence-corrected chi connectivity index (χ3v) is 4.65. The van der Waals surface area contributed by atoms with Crippen LogP contribution in [0.1, 0.15) is 12.8 Å². The number of alkyl halides is 3. The van der Waals surface area contributed by atoms with Gasteiger partial charge in [-0.3, -0.25) is 9.69 Å². The molecule has 0 spiro atoms. The maximum Gasteiger partial charge on any atom is 0.393 e. The third kappa shape index (κ3) is 5.14. The number of hydrogen-bond donors (Lipinski definition) is 1. The summed E-state index contributed by atoms with van der Waals surface area (Å²) in [5.74, 6) is -1.84. The molecule has 0 aromatic heterocycles. The van der Waals surface area contributed by atoms with Crippen molar-refractivity contribution in [2.45, 2.75) is 19.0 Å². The second kappa shape index (κ2) is 7.47. The Hall–Kier alpha value is -0.690. The zero-order chi connectivity index (χ0) is 17.2. The van der Waals surface area contributed by atoms with Crippen LogP contribution in [0.3, 0.4) is 0 Å². The molecule has 1 aliphatic heterocycles. The summed E-state index contributed by atoms with van der Waals surface area (Å²) in [6, 6.07) is 2.79. The van der Waals surface area contributed by atoms with E-state index >= 15 is 0 Å². The zero-order valence-electron chi connectivity index (χ0n) is 11.9. The second-order valence-corrected chi connectivity index (χ2v) is 6.63. The van der Waals surface area contributed by atoms with Gasteiger partial charge in [-0.25, -0.2) is 0 Å². The summed E-state index contributed by atoms with van der Waals surface area (Å²) < 4.78 is 38.3. The Kier molecular flexibility index (Phi) is 6.05. The number of halogens is 6. The molecule has 1 aromatic rings. The van der Waals surface area contributed by atoms with Gasteiger partial charge in [0.2, 0.25) is 5.91 Å². The summed E-state index contributed by atoms with van der Waals surface area (Å²) in [6.45, 7) is 0.143. The van der Waals surface area contributed by atoms with Crippen LogP contribution in [0.5, 0.6) is 0 Å². The second-order valence-electron chi connectivity index (χ2n) is 5.41. The molecule has 2 rings (SSSR count). The Bertz CT molecular complexity index is 595. The number of anilines is 1. The van der Waals surface area contributed by atoms with Gasteiger partial charge in [0.25, 0.3) is 0 Å². The highest BCUT2D eigenvalue weighted by Gasteiger charge is 2.41. The van der Waals surface area contributed by atoms with E-state index in [2.05, 4.69) is 5.32 Å². The Morgan fingerprint density at radius 2 is 1.87 bits per heavy atom. The summed E-state index contributed by atoms with van der Waals surface area (Å²) >= 11 is 17.6. The highest BCUT2D eigenvalue weighted by atomic mass is 35.5. The van der Waals surface area contributed by atoms with Gasteiger partial charge in [0.05, 0.1) is 33.2 Å². The van der Waals surface area contributed by atoms with Crippen LogP contribution in [0.2, 0.25) is 15.1 Å². The minimum Gasteiger partial charge on any atom is -0.324 e. The molecule has 1 amide bonds. The third-order valence-electron chi connectivity index (χ3n) is 3.62. The van der Waals surface area contributed by atoms with Gasteiger partial charge in [0.15, 0.2) is 0 Å². The van der Waals surface area contributed by atoms with E-state index in [4.69, 9.17) is 34.8 Å². The lowest BCUT2D eigenvalue weighted by atomic mass is 9.97. The van der Waals surface area contributed by atoms with Gasteiger partial charge < -0.3 is 5.32 Å². The Morgan fingerprint density at radius 1 is 1.22 bits per heavy atom. The minimum absolute atomic E-state index is 0.0975. The lowest BCUT2D eigenvalue weighted by molar-refractivity contribution is -0.186. The van der Waals surface area contributed by atoms with Gasteiger partial charge in [0.1, 0.15) is 0 Å². The van der Waals surface area contributed by atoms with Crippen molar-refractivity contribution >= 4 is 46.4 Å². The van der Waals surface area contributed by atoms with Crippen molar-refractivity contribution in [3.8, 4) is 0 Å². The van der Waals surface area contributed by atoms with Gasteiger partial charge in [-0.15, -0.1) is 0 Å². The molecule has 3 nitrogen and oxygen atoms in total. The molecule has 1 N–H and O–H groups in total. The van der Waals surface area contributed by atoms with E-state index in [1.165, 1.54) is 17.0 Å². The van der Waals surface area contributed by atoms with E-state index in [1.807, 2.05) is 0 Å². The number of likely N-dealkylation sites (tertiary alicyclic amines) is 1. The lowest BCUT2D eigenvalue weighted by Crippen LogP contribution is -2.44. The monoisotopic (exact) mass is 388 g/mol. The van der Waals surface area contributed by atoms with Crippen LogP contribution >= 0.6 is 34.8 Å². The molecule has 1 saturated heterocycles. The maximum absolute atomic E-state index is 12.8. The quantitative estimate of drug-likeness (QED) is 0.749. The highest BCUT2D eigenvalue weighted by Crippen LogP contribution is 2.34. The van der Waals surface area contributed by atoms with E-state index in [0.717, 1.165) is 0 Å². The first-order chi connectivity index (χ1) is 10.7. The molecule has 1 heterocycles. The largest absolute Gasteiger partial charge is 0.393 e. The number of nitrogens with zero attached hydrogens (tertiary/aromatic N) is 1. The average Bonchev–Trinajstić information content (AvgIpc) is 2.44. The fourth-order valence-corrected chi connectivity index (χ4v) is 3.07. The minimum atomic E-state index is -4.23. The molecule has 0 saturated carbocycles. The summed E-state index contributed by atoms with van der Waals surface area (Å²) in [5, 5.41) is 3.22. The van der Waals surface area contributed by atoms with E-state index < -0.39 is 18.0 Å². The molecule has 0 aliphatic carbocycles. The van der Waals surface area contributed by atoms with Crippen molar-refractivity contribution in [1.29, 1.82) is 0 Å². The Balaban J connectivity index is 1.96. The van der Waals surface area contributed by atoms with Gasteiger partial charge in [-0.2, -0.15) is 13.2 Å². The number of piperidine rings is 1. The molecule has 0 bridgehead atoms. The Morgan fingerprint density at radius 3 is 2.52 bits per heavy atom. The van der Waals surface area contributed by atoms with Crippen molar-refractivity contribution in [3.63, 3.8) is 0 Å². The van der Waals surface area contributed by atoms with Crippen LogP contribution in [0.25, 0.3) is 0 Å². The number of carbonyl (C=O) groups excluding carboxylic acids is 1. The van der Waals surface area contributed by atoms with Crippen LogP contribution in [0.15, 0.2) is 12.1 Å². The fourth-order valence-electron chi connectivity index (χ4n) is 2.48. The molecule has 1 atom stereocenters. The van der Waals surface area contributed by atoms with Crippen LogP contribution < -0.4 is 5.32 Å². The first-order valence-electron chi connectivity index (χ1n) is 6.90. The Labute approximate surface area is 146 Å². The van der Waals surface area contributed by atoms with E-state index in [0.29, 0.717) is 13.0 Å².